The summed E-state index contributed by atoms with van der Waals surface area (Å²) in [7, 11) is 0. The number of hydrogen-bond donors (Lipinski definition) is 0. The van der Waals surface area contributed by atoms with Gasteiger partial charge in [-0.05, 0) is 79.9 Å². The van der Waals surface area contributed by atoms with Gasteiger partial charge in [-0.3, -0.25) is 0 Å². The van der Waals surface area contributed by atoms with E-state index >= 15 is 0 Å². The third-order valence-electron chi connectivity index (χ3n) is 7.30. The second kappa shape index (κ2) is 11.2. The number of halogens is 5. The summed E-state index contributed by atoms with van der Waals surface area (Å²) in [5, 5.41) is 0. The van der Waals surface area contributed by atoms with E-state index in [9.17, 15) is 22.0 Å². The smallest absolute Gasteiger partial charge is 0.455 e. The van der Waals surface area contributed by atoms with Gasteiger partial charge in [0.15, 0.2) is 0 Å². The van der Waals surface area contributed by atoms with E-state index < -0.39 is 34.9 Å². The largest absolute Gasteiger partial charge is 3.00 e. The maximum atomic E-state index is 14.7. The molecule has 4 rings (SSSR count). The van der Waals surface area contributed by atoms with E-state index in [0.29, 0.717) is 23.6 Å². The average Bonchev–Trinajstić information content (AvgIpc) is 2.73. The van der Waals surface area contributed by atoms with Crippen LogP contribution in [0.4, 0.5) is 22.0 Å². The van der Waals surface area contributed by atoms with Gasteiger partial charge in [0.25, 0.3) is 0 Å². The molecule has 1 nitrogen and oxygen atoms in total. The summed E-state index contributed by atoms with van der Waals surface area (Å²) in [5.74, 6) is -1.70. The molecule has 2 saturated carbocycles. The van der Waals surface area contributed by atoms with Gasteiger partial charge in [0.1, 0.15) is 5.82 Å². The van der Waals surface area contributed by atoms with Crippen molar-refractivity contribution in [1.82, 2.24) is 0 Å². The van der Waals surface area contributed by atoms with Crippen molar-refractivity contribution in [2.24, 2.45) is 17.8 Å². The molecule has 174 valence electrons. The Morgan fingerprint density at radius 2 is 1.36 bits per heavy atom. The van der Waals surface area contributed by atoms with Gasteiger partial charge in [-0.1, -0.05) is 38.0 Å². The summed E-state index contributed by atoms with van der Waals surface area (Å²) >= 11 is 0. The summed E-state index contributed by atoms with van der Waals surface area (Å²) < 4.78 is 74.5. The molecule has 2 aliphatic carbocycles. The molecule has 0 heterocycles. The van der Waals surface area contributed by atoms with Gasteiger partial charge in [-0.25, -0.2) is 13.2 Å². The first-order valence-corrected chi connectivity index (χ1v) is 11.5. The van der Waals surface area contributed by atoms with E-state index in [2.05, 4.69) is 11.7 Å². The van der Waals surface area contributed by atoms with Gasteiger partial charge in [0.2, 0.25) is 0 Å². The maximum absolute atomic E-state index is 14.7. The first-order valence-electron chi connectivity index (χ1n) is 11.5. The van der Waals surface area contributed by atoms with Gasteiger partial charge in [0.05, 0.1) is 5.56 Å². The first-order chi connectivity index (χ1) is 15.2. The number of benzene rings is 2. The molecule has 0 N–H and O–H groups in total. The summed E-state index contributed by atoms with van der Waals surface area (Å²) in [6.45, 7) is 2.31. The van der Waals surface area contributed by atoms with Crippen LogP contribution in [0.5, 0.6) is 5.75 Å². The van der Waals surface area contributed by atoms with E-state index in [0.717, 1.165) is 49.7 Å². The standard InChI is InChI=1S/C26H28F5O.Y/c1-16-2-4-17(5-3-16)18-6-8-19(9-7-18)20-10-11-24(25(29)12-20)26(30,31)32-23-14-21(27)13-22(28)15-23;/h10-12,14-19H,2-9H2,1H3;/q-1;+3. The molecule has 0 aliphatic heterocycles. The third-order valence-corrected chi connectivity index (χ3v) is 7.30. The second-order valence-corrected chi connectivity index (χ2v) is 9.50. The zero-order valence-corrected chi connectivity index (χ0v) is 21.6. The summed E-state index contributed by atoms with van der Waals surface area (Å²) in [5.41, 5.74) is -0.246. The zero-order valence-electron chi connectivity index (χ0n) is 18.7. The van der Waals surface area contributed by atoms with Crippen LogP contribution in [-0.2, 0) is 38.8 Å². The Bertz CT molecular complexity index is 914. The maximum Gasteiger partial charge on any atom is 3.00 e. The van der Waals surface area contributed by atoms with Crippen LogP contribution in [0.1, 0.15) is 75.3 Å². The van der Waals surface area contributed by atoms with Crippen molar-refractivity contribution >= 4 is 0 Å². The monoisotopic (exact) mass is 540 g/mol. The molecule has 0 spiro atoms. The minimum atomic E-state index is -4.07. The van der Waals surface area contributed by atoms with Crippen LogP contribution in [0.25, 0.3) is 0 Å². The van der Waals surface area contributed by atoms with E-state index in [1.54, 1.807) is 6.07 Å². The van der Waals surface area contributed by atoms with Crippen LogP contribution in [0.3, 0.4) is 0 Å². The van der Waals surface area contributed by atoms with Gasteiger partial charge in [-0.15, -0.1) is 6.07 Å². The molecule has 0 saturated heterocycles. The molecule has 0 aromatic heterocycles. The van der Waals surface area contributed by atoms with Crippen LogP contribution < -0.4 is 4.74 Å². The number of alkyl halides is 2. The fourth-order valence-electron chi connectivity index (χ4n) is 5.44. The molecule has 33 heavy (non-hydrogen) atoms. The van der Waals surface area contributed by atoms with Crippen molar-refractivity contribution in [3.63, 3.8) is 0 Å². The van der Waals surface area contributed by atoms with E-state index in [1.807, 2.05) is 0 Å². The Morgan fingerprint density at radius 1 is 0.818 bits per heavy atom. The molecule has 2 aromatic rings. The van der Waals surface area contributed by atoms with Crippen molar-refractivity contribution in [2.75, 3.05) is 0 Å². The summed E-state index contributed by atoms with van der Waals surface area (Å²) in [6, 6.07) is 6.53. The molecule has 2 fully saturated rings. The van der Waals surface area contributed by atoms with Crippen LogP contribution in [-0.4, -0.2) is 0 Å². The molecule has 0 atom stereocenters. The van der Waals surface area contributed by atoms with Crippen LogP contribution in [0.15, 0.2) is 30.3 Å². The van der Waals surface area contributed by atoms with Crippen molar-refractivity contribution in [1.29, 1.82) is 0 Å². The van der Waals surface area contributed by atoms with Crippen LogP contribution in [0.2, 0.25) is 0 Å². The Balaban J connectivity index is 0.00000306. The molecular formula is C26H28F5OY+2. The number of hydrogen-bond acceptors (Lipinski definition) is 1. The van der Waals surface area contributed by atoms with Crippen molar-refractivity contribution < 1.29 is 59.4 Å². The second-order valence-electron chi connectivity index (χ2n) is 9.50. The van der Waals surface area contributed by atoms with Crippen molar-refractivity contribution in [3.05, 3.63) is 65.0 Å². The quantitative estimate of drug-likeness (QED) is 0.275. The number of ether oxygens (including phenoxy) is 1. The average molecular weight is 540 g/mol. The molecular weight excluding hydrogens is 512 g/mol. The van der Waals surface area contributed by atoms with E-state index in [-0.39, 0.29) is 38.6 Å². The number of rotatable bonds is 5. The van der Waals surface area contributed by atoms with E-state index in [4.69, 9.17) is 0 Å². The molecule has 7 heteroatoms. The van der Waals surface area contributed by atoms with Gasteiger partial charge >= 0.3 is 38.8 Å². The first kappa shape index (κ1) is 26.6. The Labute approximate surface area is 217 Å². The summed E-state index contributed by atoms with van der Waals surface area (Å²) in [4.78, 5) is 0. The zero-order chi connectivity index (χ0) is 22.9. The Hall–Kier alpha value is -1.01. The fourth-order valence-corrected chi connectivity index (χ4v) is 5.44. The minimum Gasteiger partial charge on any atom is -0.455 e. The molecule has 0 unspecified atom stereocenters. The van der Waals surface area contributed by atoms with Gasteiger partial charge in [-0.2, -0.15) is 8.78 Å². The minimum absolute atomic E-state index is 0. The Kier molecular flexibility index (Phi) is 8.99. The molecule has 0 bridgehead atoms. The summed E-state index contributed by atoms with van der Waals surface area (Å²) in [6.07, 6.45) is 5.16. The topological polar surface area (TPSA) is 9.23 Å². The van der Waals surface area contributed by atoms with Gasteiger partial charge in [0, 0.05) is 17.4 Å². The van der Waals surface area contributed by atoms with Crippen LogP contribution >= 0.6 is 0 Å². The third kappa shape index (κ3) is 6.57. The normalized spacial score (nSPS) is 25.9. The van der Waals surface area contributed by atoms with Crippen molar-refractivity contribution in [3.8, 4) is 5.75 Å². The van der Waals surface area contributed by atoms with Crippen LogP contribution in [0, 0.1) is 41.3 Å². The van der Waals surface area contributed by atoms with Gasteiger partial charge < -0.3 is 4.74 Å². The SMILES string of the molecule is CC1CCC(C2CCC(c3ccc(C(F)(F)Oc4cc(F)[c-]c(F)c4)c(F)c3)CC2)CC1.[Y+3]. The van der Waals surface area contributed by atoms with E-state index in [1.165, 1.54) is 31.7 Å². The fraction of sp³-hybridized carbons (Fsp3) is 0.538. The molecule has 0 amide bonds. The van der Waals surface area contributed by atoms with Crippen molar-refractivity contribution in [2.45, 2.75) is 70.3 Å². The molecule has 2 aromatic carbocycles. The predicted molar refractivity (Wildman–Crippen MR) is 112 cm³/mol. The molecule has 0 radical (unpaired) electrons. The molecule has 2 aliphatic rings. The predicted octanol–water partition coefficient (Wildman–Crippen LogP) is 8.13. The Morgan fingerprint density at radius 3 is 1.91 bits per heavy atom.